The van der Waals surface area contributed by atoms with Crippen molar-refractivity contribution in [2.24, 2.45) is 0 Å². The zero-order valence-electron chi connectivity index (χ0n) is 11.5. The van der Waals surface area contributed by atoms with Gasteiger partial charge in [0.25, 0.3) is 0 Å². The SMILES string of the molecule is FC(F)(F)c1ccc(C(=[N+]2CCOCC2)[P-](F)(F)(F)(F)F)cc1. The molecule has 0 spiro atoms. The van der Waals surface area contributed by atoms with Gasteiger partial charge >= 0.3 is 124 Å². The van der Waals surface area contributed by atoms with Gasteiger partial charge in [0.15, 0.2) is 0 Å². The van der Waals surface area contributed by atoms with E-state index in [0.29, 0.717) is 28.8 Å². The molecule has 2 rings (SSSR count). The van der Waals surface area contributed by atoms with Crippen LogP contribution in [0.3, 0.4) is 0 Å². The predicted octanol–water partition coefficient (Wildman–Crippen LogP) is 5.01. The zero-order valence-corrected chi connectivity index (χ0v) is 12.4. The van der Waals surface area contributed by atoms with Crippen molar-refractivity contribution in [2.45, 2.75) is 6.18 Å². The van der Waals surface area contributed by atoms with Crippen LogP contribution in [0.15, 0.2) is 24.3 Å². The molecule has 0 amide bonds. The fraction of sp³-hybridized carbons (Fsp3) is 0.417. The van der Waals surface area contributed by atoms with E-state index in [2.05, 4.69) is 0 Å². The number of morpholine rings is 1. The Morgan fingerprint density at radius 1 is 0.913 bits per heavy atom. The topological polar surface area (TPSA) is 12.2 Å². The van der Waals surface area contributed by atoms with Crippen LogP contribution in [0.5, 0.6) is 0 Å². The van der Waals surface area contributed by atoms with Crippen LogP contribution in [0.1, 0.15) is 11.1 Å². The molecule has 11 heteroatoms. The van der Waals surface area contributed by atoms with Gasteiger partial charge in [-0.3, -0.25) is 0 Å². The fourth-order valence-corrected chi connectivity index (χ4v) is 3.65. The maximum absolute atomic E-state index is 13.4. The first-order valence-corrected chi connectivity index (χ1v) is 8.53. The van der Waals surface area contributed by atoms with Gasteiger partial charge in [0.2, 0.25) is 0 Å². The first-order chi connectivity index (χ1) is 10.2. The summed E-state index contributed by atoms with van der Waals surface area (Å²) in [6.45, 7) is -1.21. The van der Waals surface area contributed by atoms with E-state index < -0.39 is 43.3 Å². The van der Waals surface area contributed by atoms with Crippen LogP contribution in [0.25, 0.3) is 0 Å². The quantitative estimate of drug-likeness (QED) is 0.406. The average Bonchev–Trinajstić information content (AvgIpc) is 2.36. The molecule has 23 heavy (non-hydrogen) atoms. The zero-order chi connectivity index (χ0) is 17.6. The second-order valence-corrected chi connectivity index (χ2v) is 7.61. The second kappa shape index (κ2) is 4.86. The summed E-state index contributed by atoms with van der Waals surface area (Å²) in [4.78, 5) is 0. The molecule has 0 aliphatic carbocycles. The number of benzene rings is 1. The Kier molecular flexibility index (Phi) is 3.82. The summed E-state index contributed by atoms with van der Waals surface area (Å²) in [5.41, 5.74) is -4.37. The van der Waals surface area contributed by atoms with Crippen molar-refractivity contribution in [3.63, 3.8) is 0 Å². The number of rotatable bonds is 2. The fourth-order valence-electron chi connectivity index (χ4n) is 2.28. The third-order valence-corrected chi connectivity index (χ3v) is 4.52. The number of nitrogens with zero attached hydrogens (tertiary/aromatic N) is 1. The van der Waals surface area contributed by atoms with Gasteiger partial charge in [0.1, 0.15) is 0 Å². The van der Waals surface area contributed by atoms with E-state index in [-0.39, 0.29) is 13.2 Å². The number of hydrogen-bond donors (Lipinski definition) is 0. The summed E-state index contributed by atoms with van der Waals surface area (Å²) in [5, 5.41) is 0. The van der Waals surface area contributed by atoms with E-state index >= 15 is 0 Å². The molecule has 1 aliphatic heterocycles. The third kappa shape index (κ3) is 4.38. The number of alkyl halides is 3. The van der Waals surface area contributed by atoms with Crippen LogP contribution in [-0.2, 0) is 10.9 Å². The third-order valence-electron chi connectivity index (χ3n) is 3.18. The molecule has 1 heterocycles. The van der Waals surface area contributed by atoms with Gasteiger partial charge in [-0.1, -0.05) is 0 Å². The Hall–Kier alpha value is -1.28. The van der Waals surface area contributed by atoms with Gasteiger partial charge in [-0.2, -0.15) is 0 Å². The Balaban J connectivity index is 2.61. The van der Waals surface area contributed by atoms with Crippen LogP contribution in [0.4, 0.5) is 34.2 Å². The number of halogens is 8. The van der Waals surface area contributed by atoms with E-state index in [1.54, 1.807) is 0 Å². The number of hydrogen-bond acceptors (Lipinski definition) is 1. The predicted molar refractivity (Wildman–Crippen MR) is 68.8 cm³/mol. The van der Waals surface area contributed by atoms with Gasteiger partial charge in [-0.05, 0) is 0 Å². The molecule has 0 bridgehead atoms. The Morgan fingerprint density at radius 2 is 1.39 bits per heavy atom. The first kappa shape index (κ1) is 18.1. The molecule has 0 saturated carbocycles. The Bertz CT molecular complexity index is 624. The number of ether oxygens (including phenoxy) is 1. The summed E-state index contributed by atoms with van der Waals surface area (Å²) in [6.07, 6.45) is -4.77. The molecule has 2 nitrogen and oxygen atoms in total. The van der Waals surface area contributed by atoms with Crippen LogP contribution in [-0.4, -0.2) is 36.3 Å². The molecular formula is C12H12F8NOP. The minimum atomic E-state index is -10.3. The molecule has 1 saturated heterocycles. The normalized spacial score (nSPS) is 19.9. The van der Waals surface area contributed by atoms with E-state index in [0.717, 1.165) is 0 Å². The molecule has 1 fully saturated rings. The molecule has 0 unspecified atom stereocenters. The Labute approximate surface area is 125 Å². The molecule has 0 atom stereocenters. The van der Waals surface area contributed by atoms with Crippen molar-refractivity contribution >= 4 is 13.0 Å². The van der Waals surface area contributed by atoms with Gasteiger partial charge in [0, 0.05) is 0 Å². The van der Waals surface area contributed by atoms with Crippen molar-refractivity contribution in [1.82, 2.24) is 0 Å². The minimum absolute atomic E-state index is 0.180. The van der Waals surface area contributed by atoms with Crippen LogP contribution >= 0.6 is 7.50 Å². The average molecular weight is 369 g/mol. The van der Waals surface area contributed by atoms with Crippen molar-refractivity contribution in [1.29, 1.82) is 0 Å². The van der Waals surface area contributed by atoms with E-state index in [4.69, 9.17) is 4.74 Å². The summed E-state index contributed by atoms with van der Waals surface area (Å²) in [7, 11) is -10.3. The van der Waals surface area contributed by atoms with Gasteiger partial charge in [-0.15, -0.1) is 0 Å². The Morgan fingerprint density at radius 3 is 1.78 bits per heavy atom. The molecule has 0 N–H and O–H groups in total. The van der Waals surface area contributed by atoms with Gasteiger partial charge in [0.05, 0.1) is 0 Å². The molecule has 1 aromatic rings. The first-order valence-electron chi connectivity index (χ1n) is 6.39. The molecule has 132 valence electrons. The molecule has 0 aromatic heterocycles. The molecule has 0 radical (unpaired) electrons. The van der Waals surface area contributed by atoms with E-state index in [9.17, 15) is 34.2 Å². The van der Waals surface area contributed by atoms with Crippen molar-refractivity contribution < 1.29 is 43.5 Å². The molecular weight excluding hydrogens is 357 g/mol. The van der Waals surface area contributed by atoms with Gasteiger partial charge < -0.3 is 0 Å². The molecule has 1 aliphatic rings. The monoisotopic (exact) mass is 369 g/mol. The van der Waals surface area contributed by atoms with Crippen LogP contribution in [0, 0.1) is 0 Å². The van der Waals surface area contributed by atoms with E-state index in [1.165, 1.54) is 0 Å². The van der Waals surface area contributed by atoms with Crippen molar-refractivity contribution in [2.75, 3.05) is 26.3 Å². The van der Waals surface area contributed by atoms with Crippen molar-refractivity contribution in [3.05, 3.63) is 35.4 Å². The van der Waals surface area contributed by atoms with Crippen LogP contribution in [0.2, 0.25) is 0 Å². The summed E-state index contributed by atoms with van der Waals surface area (Å²) >= 11 is 0. The summed E-state index contributed by atoms with van der Waals surface area (Å²) in [5.74, 6) is 0. The second-order valence-electron chi connectivity index (χ2n) is 5.06. The van der Waals surface area contributed by atoms with E-state index in [1.807, 2.05) is 0 Å². The summed E-state index contributed by atoms with van der Waals surface area (Å²) < 4.78 is 109. The van der Waals surface area contributed by atoms with Crippen molar-refractivity contribution in [3.8, 4) is 0 Å². The standard InChI is InChI=1S/C12H12F8NOP/c13-12(14,15)10-3-1-9(2-4-10)11(23(16,17,18,19)20)21-5-7-22-8-6-21/h1-4H,5-8H2. The van der Waals surface area contributed by atoms with Crippen LogP contribution < -0.4 is 0 Å². The van der Waals surface area contributed by atoms with Gasteiger partial charge in [-0.25, -0.2) is 0 Å². The molecule has 1 aromatic carbocycles. The summed E-state index contributed by atoms with van der Waals surface area (Å²) in [6, 6.07) is 1.52. The maximum atomic E-state index is 13.4.